The van der Waals surface area contributed by atoms with Crippen molar-refractivity contribution in [1.29, 1.82) is 0 Å². The molecular formula is C16H23N5O. The van der Waals surface area contributed by atoms with Crippen LogP contribution in [0.2, 0.25) is 0 Å². The lowest BCUT2D eigenvalue weighted by molar-refractivity contribution is 0.0721. The monoisotopic (exact) mass is 301 g/mol. The number of aryl methyl sites for hydroxylation is 1. The Kier molecular flexibility index (Phi) is 5.27. The second-order valence-electron chi connectivity index (χ2n) is 5.31. The zero-order chi connectivity index (χ0) is 16.1. The Morgan fingerprint density at radius 3 is 2.82 bits per heavy atom. The first kappa shape index (κ1) is 16.2. The first-order valence-electron chi connectivity index (χ1n) is 7.47. The van der Waals surface area contributed by atoms with E-state index in [9.17, 15) is 4.79 Å². The average molecular weight is 301 g/mol. The maximum atomic E-state index is 12.9. The van der Waals surface area contributed by atoms with Gasteiger partial charge in [-0.15, -0.1) is 0 Å². The summed E-state index contributed by atoms with van der Waals surface area (Å²) in [5.41, 5.74) is 1.95. The number of aromatic nitrogens is 3. The molecule has 2 heterocycles. The van der Waals surface area contributed by atoms with Crippen LogP contribution in [0.4, 0.5) is 0 Å². The fourth-order valence-corrected chi connectivity index (χ4v) is 2.43. The minimum absolute atomic E-state index is 0.0868. The molecule has 0 aliphatic rings. The molecule has 0 fully saturated rings. The van der Waals surface area contributed by atoms with Gasteiger partial charge >= 0.3 is 0 Å². The molecule has 0 saturated carbocycles. The number of pyridine rings is 1. The van der Waals surface area contributed by atoms with Crippen molar-refractivity contribution in [2.45, 2.75) is 26.3 Å². The normalized spacial score (nSPS) is 12.2. The van der Waals surface area contributed by atoms with E-state index in [0.29, 0.717) is 11.4 Å². The van der Waals surface area contributed by atoms with Crippen LogP contribution in [0.5, 0.6) is 0 Å². The van der Waals surface area contributed by atoms with E-state index in [0.717, 1.165) is 18.7 Å². The van der Waals surface area contributed by atoms with E-state index in [1.807, 2.05) is 45.4 Å². The first-order chi connectivity index (χ1) is 10.6. The van der Waals surface area contributed by atoms with Gasteiger partial charge in [-0.3, -0.25) is 4.79 Å². The molecule has 1 amide bonds. The Hall–Kier alpha value is -2.21. The van der Waals surface area contributed by atoms with E-state index in [2.05, 4.69) is 22.3 Å². The zero-order valence-corrected chi connectivity index (χ0v) is 13.6. The molecule has 2 rings (SSSR count). The van der Waals surface area contributed by atoms with Crippen LogP contribution in [0.15, 0.2) is 30.6 Å². The van der Waals surface area contributed by atoms with Gasteiger partial charge in [-0.2, -0.15) is 5.10 Å². The lowest BCUT2D eigenvalue weighted by Crippen LogP contribution is -2.43. The smallest absolute Gasteiger partial charge is 0.274 e. The first-order valence-corrected chi connectivity index (χ1v) is 7.47. The van der Waals surface area contributed by atoms with Gasteiger partial charge in [0.05, 0.1) is 5.69 Å². The fourth-order valence-electron chi connectivity index (χ4n) is 2.43. The minimum atomic E-state index is -0.0868. The third-order valence-corrected chi connectivity index (χ3v) is 3.75. The Balaban J connectivity index is 2.38. The van der Waals surface area contributed by atoms with Gasteiger partial charge in [0.15, 0.2) is 5.69 Å². The second-order valence-corrected chi connectivity index (χ2v) is 5.31. The number of likely N-dealkylation sites (N-methyl/N-ethyl adjacent to an activating group) is 2. The molecule has 22 heavy (non-hydrogen) atoms. The Morgan fingerprint density at radius 1 is 1.45 bits per heavy atom. The SMILES string of the molecule is CCC(CNC)N(C)C(=O)c1nc(C)ccc1-n1cccn1. The summed E-state index contributed by atoms with van der Waals surface area (Å²) in [6, 6.07) is 5.73. The third-order valence-electron chi connectivity index (χ3n) is 3.75. The number of amides is 1. The summed E-state index contributed by atoms with van der Waals surface area (Å²) in [5.74, 6) is -0.0868. The maximum absolute atomic E-state index is 12.9. The van der Waals surface area contributed by atoms with Crippen LogP contribution < -0.4 is 5.32 Å². The molecule has 1 N–H and O–H groups in total. The average Bonchev–Trinajstić information content (AvgIpc) is 3.05. The van der Waals surface area contributed by atoms with Gasteiger partial charge in [-0.05, 0) is 38.6 Å². The number of rotatable bonds is 6. The highest BCUT2D eigenvalue weighted by molar-refractivity contribution is 5.95. The van der Waals surface area contributed by atoms with Crippen LogP contribution >= 0.6 is 0 Å². The van der Waals surface area contributed by atoms with Gasteiger partial charge in [-0.1, -0.05) is 6.92 Å². The Morgan fingerprint density at radius 2 is 2.23 bits per heavy atom. The number of hydrogen-bond acceptors (Lipinski definition) is 4. The molecule has 2 aromatic rings. The predicted molar refractivity (Wildman–Crippen MR) is 86.2 cm³/mol. The van der Waals surface area contributed by atoms with E-state index in [4.69, 9.17) is 0 Å². The van der Waals surface area contributed by atoms with Crippen molar-refractivity contribution in [3.63, 3.8) is 0 Å². The molecule has 6 heteroatoms. The summed E-state index contributed by atoms with van der Waals surface area (Å²) in [6.07, 6.45) is 4.38. The summed E-state index contributed by atoms with van der Waals surface area (Å²) in [6.45, 7) is 4.71. The van der Waals surface area contributed by atoms with Crippen molar-refractivity contribution in [3.8, 4) is 5.69 Å². The molecule has 2 aromatic heterocycles. The summed E-state index contributed by atoms with van der Waals surface area (Å²) >= 11 is 0. The molecule has 118 valence electrons. The highest BCUT2D eigenvalue weighted by Gasteiger charge is 2.23. The number of nitrogens with one attached hydrogen (secondary N) is 1. The van der Waals surface area contributed by atoms with Crippen LogP contribution in [0, 0.1) is 6.92 Å². The highest BCUT2D eigenvalue weighted by Crippen LogP contribution is 2.16. The molecule has 0 bridgehead atoms. The topological polar surface area (TPSA) is 63.1 Å². The van der Waals surface area contributed by atoms with Crippen molar-refractivity contribution in [2.75, 3.05) is 20.6 Å². The highest BCUT2D eigenvalue weighted by atomic mass is 16.2. The predicted octanol–water partition coefficient (Wildman–Crippen LogP) is 1.65. The van der Waals surface area contributed by atoms with Gasteiger partial charge in [-0.25, -0.2) is 9.67 Å². The molecule has 6 nitrogen and oxygen atoms in total. The van der Waals surface area contributed by atoms with Gasteiger partial charge in [0.2, 0.25) is 0 Å². The molecular weight excluding hydrogens is 278 g/mol. The van der Waals surface area contributed by atoms with Crippen molar-refractivity contribution < 1.29 is 4.79 Å². The largest absolute Gasteiger partial charge is 0.336 e. The molecule has 1 atom stereocenters. The van der Waals surface area contributed by atoms with Crippen LogP contribution in [0.3, 0.4) is 0 Å². The fraction of sp³-hybridized carbons (Fsp3) is 0.438. The molecule has 0 aliphatic heterocycles. The van der Waals surface area contributed by atoms with Gasteiger partial charge in [0.25, 0.3) is 5.91 Å². The number of carbonyl (C=O) groups is 1. The standard InChI is InChI=1S/C16H23N5O/c1-5-13(11-17-3)20(4)16(22)15-14(8-7-12(2)19-15)21-10-6-9-18-21/h6-10,13,17H,5,11H2,1-4H3. The van der Waals surface area contributed by atoms with Gasteiger partial charge < -0.3 is 10.2 Å². The second kappa shape index (κ2) is 7.17. The minimum Gasteiger partial charge on any atom is -0.336 e. The van der Waals surface area contributed by atoms with Crippen LogP contribution in [-0.2, 0) is 0 Å². The van der Waals surface area contributed by atoms with Crippen molar-refractivity contribution in [1.82, 2.24) is 25.0 Å². The van der Waals surface area contributed by atoms with Crippen LogP contribution in [0.25, 0.3) is 5.69 Å². The summed E-state index contributed by atoms with van der Waals surface area (Å²) in [5, 5.41) is 7.34. The van der Waals surface area contributed by atoms with Crippen LogP contribution in [-0.4, -0.2) is 52.3 Å². The van der Waals surface area contributed by atoms with E-state index in [-0.39, 0.29) is 11.9 Å². The van der Waals surface area contributed by atoms with Gasteiger partial charge in [0.1, 0.15) is 0 Å². The number of nitrogens with zero attached hydrogens (tertiary/aromatic N) is 4. The van der Waals surface area contributed by atoms with E-state index in [1.165, 1.54) is 0 Å². The Bertz CT molecular complexity index is 623. The van der Waals surface area contributed by atoms with Crippen molar-refractivity contribution in [2.24, 2.45) is 0 Å². The summed E-state index contributed by atoms with van der Waals surface area (Å²) < 4.78 is 1.67. The lowest BCUT2D eigenvalue weighted by Gasteiger charge is -2.27. The third kappa shape index (κ3) is 3.33. The van der Waals surface area contributed by atoms with Gasteiger partial charge in [0, 0.05) is 37.7 Å². The maximum Gasteiger partial charge on any atom is 0.274 e. The van der Waals surface area contributed by atoms with E-state index < -0.39 is 0 Å². The van der Waals surface area contributed by atoms with Crippen molar-refractivity contribution >= 4 is 5.91 Å². The molecule has 0 spiro atoms. The summed E-state index contributed by atoms with van der Waals surface area (Å²) in [4.78, 5) is 19.1. The number of hydrogen-bond donors (Lipinski definition) is 1. The molecule has 1 unspecified atom stereocenters. The lowest BCUT2D eigenvalue weighted by atomic mass is 10.1. The molecule has 0 aromatic carbocycles. The summed E-state index contributed by atoms with van der Waals surface area (Å²) in [7, 11) is 3.71. The number of carbonyl (C=O) groups excluding carboxylic acids is 1. The van der Waals surface area contributed by atoms with E-state index >= 15 is 0 Å². The molecule has 0 radical (unpaired) electrons. The quantitative estimate of drug-likeness (QED) is 0.881. The Labute approximate surface area is 131 Å². The zero-order valence-electron chi connectivity index (χ0n) is 13.6. The van der Waals surface area contributed by atoms with E-state index in [1.54, 1.807) is 15.8 Å². The molecule has 0 aliphatic carbocycles. The molecule has 0 saturated heterocycles. The van der Waals surface area contributed by atoms with Crippen LogP contribution in [0.1, 0.15) is 29.5 Å². The van der Waals surface area contributed by atoms with Crippen molar-refractivity contribution in [3.05, 3.63) is 42.0 Å².